The number of amides is 1. The first-order chi connectivity index (χ1) is 8.74. The second kappa shape index (κ2) is 6.57. The molecule has 0 fully saturated rings. The highest BCUT2D eigenvalue weighted by Crippen LogP contribution is 2.14. The van der Waals surface area contributed by atoms with Gasteiger partial charge < -0.3 is 10.6 Å². The van der Waals surface area contributed by atoms with Crippen LogP contribution in [-0.2, 0) is 4.79 Å². The zero-order valence-corrected chi connectivity index (χ0v) is 10.9. The second-order valence-electron chi connectivity index (χ2n) is 4.42. The highest BCUT2D eigenvalue weighted by atomic mass is 35.5. The van der Waals surface area contributed by atoms with Gasteiger partial charge in [0.2, 0.25) is 5.91 Å². The van der Waals surface area contributed by atoms with E-state index >= 15 is 0 Å². The normalized spacial score (nSPS) is 18.6. The molecule has 1 unspecified atom stereocenters. The van der Waals surface area contributed by atoms with E-state index in [1.165, 1.54) is 0 Å². The van der Waals surface area contributed by atoms with Gasteiger partial charge in [0.25, 0.3) is 0 Å². The van der Waals surface area contributed by atoms with Crippen LogP contribution in [0.25, 0.3) is 0 Å². The molecule has 96 valence electrons. The Bertz CT molecular complexity index is 445. The Kier molecular flexibility index (Phi) is 4.79. The number of nitrogens with one attached hydrogen (secondary N) is 2. The lowest BCUT2D eigenvalue weighted by molar-refractivity contribution is -0.115. The summed E-state index contributed by atoms with van der Waals surface area (Å²) in [5.41, 5.74) is 0.734. The fraction of sp³-hybridized carbons (Fsp3) is 0.357. The number of allylic oxidation sites excluding steroid dienone is 1. The van der Waals surface area contributed by atoms with Crippen LogP contribution in [0.1, 0.15) is 19.3 Å². The molecule has 0 aliphatic heterocycles. The predicted molar refractivity (Wildman–Crippen MR) is 74.9 cm³/mol. The third kappa shape index (κ3) is 4.17. The highest BCUT2D eigenvalue weighted by molar-refractivity contribution is 6.30. The predicted octanol–water partition coefficient (Wildman–Crippen LogP) is 2.98. The molecule has 0 aromatic heterocycles. The number of hydrogen-bond donors (Lipinski definition) is 2. The fourth-order valence-electron chi connectivity index (χ4n) is 1.99. The Morgan fingerprint density at radius 2 is 2.28 bits per heavy atom. The van der Waals surface area contributed by atoms with E-state index in [4.69, 9.17) is 11.6 Å². The van der Waals surface area contributed by atoms with Crippen molar-refractivity contribution in [2.75, 3.05) is 11.9 Å². The molecule has 0 saturated heterocycles. The van der Waals surface area contributed by atoms with E-state index in [0.29, 0.717) is 17.6 Å². The lowest BCUT2D eigenvalue weighted by Crippen LogP contribution is -2.36. The molecule has 0 heterocycles. The summed E-state index contributed by atoms with van der Waals surface area (Å²) in [5, 5.41) is 6.70. The van der Waals surface area contributed by atoms with Gasteiger partial charge in [0.05, 0.1) is 6.54 Å². The number of anilines is 1. The van der Waals surface area contributed by atoms with Gasteiger partial charge in [0.1, 0.15) is 0 Å². The molecule has 2 rings (SSSR count). The lowest BCUT2D eigenvalue weighted by atomic mass is 10.0. The van der Waals surface area contributed by atoms with E-state index in [0.717, 1.165) is 24.9 Å². The molecule has 1 aliphatic rings. The first-order valence-corrected chi connectivity index (χ1v) is 6.55. The average Bonchev–Trinajstić information content (AvgIpc) is 2.38. The van der Waals surface area contributed by atoms with E-state index < -0.39 is 0 Å². The van der Waals surface area contributed by atoms with Gasteiger partial charge in [-0.1, -0.05) is 29.8 Å². The number of benzene rings is 1. The summed E-state index contributed by atoms with van der Waals surface area (Å²) in [7, 11) is 0. The summed E-state index contributed by atoms with van der Waals surface area (Å²) >= 11 is 5.85. The average molecular weight is 265 g/mol. The van der Waals surface area contributed by atoms with Gasteiger partial charge in [0, 0.05) is 16.8 Å². The smallest absolute Gasteiger partial charge is 0.238 e. The summed E-state index contributed by atoms with van der Waals surface area (Å²) in [6.07, 6.45) is 7.54. The van der Waals surface area contributed by atoms with Gasteiger partial charge in [-0.15, -0.1) is 0 Å². The Balaban J connectivity index is 1.76. The molecule has 18 heavy (non-hydrogen) atoms. The van der Waals surface area contributed by atoms with Crippen molar-refractivity contribution in [3.05, 3.63) is 41.4 Å². The van der Waals surface area contributed by atoms with Crippen molar-refractivity contribution < 1.29 is 4.79 Å². The van der Waals surface area contributed by atoms with E-state index in [9.17, 15) is 4.79 Å². The zero-order chi connectivity index (χ0) is 12.8. The van der Waals surface area contributed by atoms with Crippen molar-refractivity contribution in [2.24, 2.45) is 0 Å². The minimum atomic E-state index is -0.0354. The van der Waals surface area contributed by atoms with Gasteiger partial charge in [-0.05, 0) is 37.5 Å². The van der Waals surface area contributed by atoms with Crippen molar-refractivity contribution in [1.82, 2.24) is 5.32 Å². The van der Waals surface area contributed by atoms with Crippen molar-refractivity contribution >= 4 is 23.2 Å². The van der Waals surface area contributed by atoms with Crippen LogP contribution in [0.15, 0.2) is 36.4 Å². The van der Waals surface area contributed by atoms with Crippen molar-refractivity contribution in [1.29, 1.82) is 0 Å². The standard InChI is InChI=1S/C14H17ClN2O/c15-11-5-4-8-13(9-11)17-14(18)10-16-12-6-2-1-3-7-12/h1-2,4-5,8-9,12,16H,3,6-7,10H2,(H,17,18). The maximum absolute atomic E-state index is 11.7. The third-order valence-corrected chi connectivity index (χ3v) is 3.16. The van der Waals surface area contributed by atoms with Gasteiger partial charge in [0.15, 0.2) is 0 Å². The molecule has 1 aromatic rings. The summed E-state index contributed by atoms with van der Waals surface area (Å²) < 4.78 is 0. The van der Waals surface area contributed by atoms with Crippen LogP contribution in [0.4, 0.5) is 5.69 Å². The highest BCUT2D eigenvalue weighted by Gasteiger charge is 2.10. The Labute approximate surface area is 112 Å². The van der Waals surface area contributed by atoms with Gasteiger partial charge in [-0.3, -0.25) is 4.79 Å². The number of carbonyl (C=O) groups is 1. The topological polar surface area (TPSA) is 41.1 Å². The van der Waals surface area contributed by atoms with Crippen LogP contribution in [0.3, 0.4) is 0 Å². The second-order valence-corrected chi connectivity index (χ2v) is 4.86. The minimum Gasteiger partial charge on any atom is -0.325 e. The van der Waals surface area contributed by atoms with Crippen LogP contribution in [0, 0.1) is 0 Å². The van der Waals surface area contributed by atoms with Crippen molar-refractivity contribution in [2.45, 2.75) is 25.3 Å². The third-order valence-electron chi connectivity index (χ3n) is 2.93. The molecule has 0 spiro atoms. The summed E-state index contributed by atoms with van der Waals surface area (Å²) in [5.74, 6) is -0.0354. The molecule has 3 nitrogen and oxygen atoms in total. The maximum atomic E-state index is 11.7. The molecule has 1 atom stereocenters. The molecule has 1 amide bonds. The molecular formula is C14H17ClN2O. The lowest BCUT2D eigenvalue weighted by Gasteiger charge is -2.19. The van der Waals surface area contributed by atoms with Crippen LogP contribution >= 0.6 is 11.6 Å². The summed E-state index contributed by atoms with van der Waals surface area (Å²) in [4.78, 5) is 11.7. The molecule has 1 aromatic carbocycles. The zero-order valence-electron chi connectivity index (χ0n) is 10.2. The minimum absolute atomic E-state index is 0.0354. The van der Waals surface area contributed by atoms with Gasteiger partial charge >= 0.3 is 0 Å². The van der Waals surface area contributed by atoms with E-state index in [1.54, 1.807) is 12.1 Å². The monoisotopic (exact) mass is 264 g/mol. The maximum Gasteiger partial charge on any atom is 0.238 e. The summed E-state index contributed by atoms with van der Waals surface area (Å²) in [6.45, 7) is 0.338. The first-order valence-electron chi connectivity index (χ1n) is 6.18. The van der Waals surface area contributed by atoms with Crippen LogP contribution in [-0.4, -0.2) is 18.5 Å². The first kappa shape index (κ1) is 13.1. The molecule has 1 aliphatic carbocycles. The fourth-order valence-corrected chi connectivity index (χ4v) is 2.18. The number of halogens is 1. The molecule has 2 N–H and O–H groups in total. The number of rotatable bonds is 4. The Hall–Kier alpha value is -1.32. The van der Waals surface area contributed by atoms with Gasteiger partial charge in [-0.2, -0.15) is 0 Å². The molecule has 4 heteroatoms. The SMILES string of the molecule is O=C(CNC1CC=CCC1)Nc1cccc(Cl)c1. The quantitative estimate of drug-likeness (QED) is 0.821. The van der Waals surface area contributed by atoms with E-state index in [1.807, 2.05) is 12.1 Å². The van der Waals surface area contributed by atoms with Gasteiger partial charge in [-0.25, -0.2) is 0 Å². The van der Waals surface area contributed by atoms with Crippen LogP contribution in [0.5, 0.6) is 0 Å². The summed E-state index contributed by atoms with van der Waals surface area (Å²) in [6, 6.07) is 7.58. The molecule has 0 saturated carbocycles. The van der Waals surface area contributed by atoms with Crippen LogP contribution < -0.4 is 10.6 Å². The van der Waals surface area contributed by atoms with E-state index in [2.05, 4.69) is 22.8 Å². The van der Waals surface area contributed by atoms with Crippen molar-refractivity contribution in [3.8, 4) is 0 Å². The molecule has 0 radical (unpaired) electrons. The Morgan fingerprint density at radius 1 is 1.39 bits per heavy atom. The van der Waals surface area contributed by atoms with E-state index in [-0.39, 0.29) is 5.91 Å². The number of carbonyl (C=O) groups excluding carboxylic acids is 1. The Morgan fingerprint density at radius 3 is 3.00 bits per heavy atom. The molecule has 0 bridgehead atoms. The van der Waals surface area contributed by atoms with Crippen LogP contribution in [0.2, 0.25) is 5.02 Å². The largest absolute Gasteiger partial charge is 0.325 e. The number of hydrogen-bond acceptors (Lipinski definition) is 2. The molecular weight excluding hydrogens is 248 g/mol. The van der Waals surface area contributed by atoms with Crippen molar-refractivity contribution in [3.63, 3.8) is 0 Å².